The summed E-state index contributed by atoms with van der Waals surface area (Å²) in [5.74, 6) is 1.03. The van der Waals surface area contributed by atoms with E-state index in [1.807, 2.05) is 19.1 Å². The van der Waals surface area contributed by atoms with Gasteiger partial charge in [-0.3, -0.25) is 0 Å². The summed E-state index contributed by atoms with van der Waals surface area (Å²) in [4.78, 5) is 4.56. The molecule has 0 heterocycles. The first kappa shape index (κ1) is 22.0. The number of hydrogen-bond acceptors (Lipinski definition) is 3. The molecule has 0 amide bonds. The topological polar surface area (TPSA) is 65.9 Å². The van der Waals surface area contributed by atoms with Gasteiger partial charge < -0.3 is 20.5 Å². The van der Waals surface area contributed by atoms with Crippen molar-refractivity contribution in [2.24, 2.45) is 10.4 Å². The van der Waals surface area contributed by atoms with Gasteiger partial charge in [-0.1, -0.05) is 32.9 Å². The summed E-state index contributed by atoms with van der Waals surface area (Å²) in [7, 11) is 1.73. The Morgan fingerprint density at radius 2 is 1.83 bits per heavy atom. The lowest BCUT2D eigenvalue weighted by Crippen LogP contribution is -2.45. The van der Waals surface area contributed by atoms with Gasteiger partial charge in [0.15, 0.2) is 5.96 Å². The van der Waals surface area contributed by atoms with Gasteiger partial charge in [-0.25, -0.2) is 4.99 Å². The molecule has 5 nitrogen and oxygen atoms in total. The SMILES string of the molecule is CCNC(=NCc1ccc(O)cc1)NCC(OC)C(C)(C)C.I. The van der Waals surface area contributed by atoms with Gasteiger partial charge in [-0.05, 0) is 30.0 Å². The quantitative estimate of drug-likeness (QED) is 0.365. The predicted octanol–water partition coefficient (Wildman–Crippen LogP) is 3.13. The van der Waals surface area contributed by atoms with Crippen LogP contribution in [-0.2, 0) is 11.3 Å². The van der Waals surface area contributed by atoms with Gasteiger partial charge in [-0.15, -0.1) is 24.0 Å². The number of aliphatic imine (C=N–C) groups is 1. The second kappa shape index (κ2) is 10.7. The second-order valence-corrected chi connectivity index (χ2v) is 6.33. The van der Waals surface area contributed by atoms with Crippen LogP contribution in [0.2, 0.25) is 0 Å². The van der Waals surface area contributed by atoms with Crippen LogP contribution in [0.15, 0.2) is 29.3 Å². The summed E-state index contributed by atoms with van der Waals surface area (Å²) in [6.45, 7) is 10.6. The van der Waals surface area contributed by atoms with Crippen LogP contribution in [0.1, 0.15) is 33.3 Å². The molecule has 1 aromatic rings. The zero-order chi connectivity index (χ0) is 16.6. The van der Waals surface area contributed by atoms with Crippen LogP contribution in [0.4, 0.5) is 0 Å². The third kappa shape index (κ3) is 8.41. The highest BCUT2D eigenvalue weighted by Crippen LogP contribution is 2.20. The molecule has 0 bridgehead atoms. The molecule has 132 valence electrons. The second-order valence-electron chi connectivity index (χ2n) is 6.33. The predicted molar refractivity (Wildman–Crippen MR) is 107 cm³/mol. The van der Waals surface area contributed by atoms with E-state index < -0.39 is 0 Å². The van der Waals surface area contributed by atoms with Crippen molar-refractivity contribution in [1.29, 1.82) is 0 Å². The van der Waals surface area contributed by atoms with Crippen LogP contribution >= 0.6 is 24.0 Å². The normalized spacial score (nSPS) is 13.2. The number of hydrogen-bond donors (Lipinski definition) is 3. The van der Waals surface area contributed by atoms with E-state index in [4.69, 9.17) is 4.74 Å². The monoisotopic (exact) mass is 435 g/mol. The first-order chi connectivity index (χ1) is 10.4. The molecule has 1 rings (SSSR count). The van der Waals surface area contributed by atoms with Crippen molar-refractivity contribution in [3.8, 4) is 5.75 Å². The minimum atomic E-state index is 0. The molecule has 0 spiro atoms. The molecular weight excluding hydrogens is 405 g/mol. The number of ether oxygens (including phenoxy) is 1. The molecule has 0 aliphatic carbocycles. The molecule has 0 aliphatic heterocycles. The lowest BCUT2D eigenvalue weighted by molar-refractivity contribution is 0.0205. The van der Waals surface area contributed by atoms with E-state index in [0.717, 1.165) is 18.1 Å². The third-order valence-electron chi connectivity index (χ3n) is 3.41. The fourth-order valence-corrected chi connectivity index (χ4v) is 2.05. The highest BCUT2D eigenvalue weighted by atomic mass is 127. The summed E-state index contributed by atoms with van der Waals surface area (Å²) >= 11 is 0. The lowest BCUT2D eigenvalue weighted by Gasteiger charge is -2.30. The number of phenolic OH excluding ortho intramolecular Hbond substituents is 1. The summed E-state index contributed by atoms with van der Waals surface area (Å²) in [6, 6.07) is 7.09. The molecule has 23 heavy (non-hydrogen) atoms. The first-order valence-corrected chi connectivity index (χ1v) is 7.69. The number of rotatable bonds is 6. The minimum absolute atomic E-state index is 0. The van der Waals surface area contributed by atoms with E-state index in [-0.39, 0.29) is 41.2 Å². The van der Waals surface area contributed by atoms with Crippen molar-refractivity contribution in [3.05, 3.63) is 29.8 Å². The van der Waals surface area contributed by atoms with E-state index in [1.54, 1.807) is 19.2 Å². The Hall–Kier alpha value is -1.02. The molecule has 0 saturated carbocycles. The zero-order valence-corrected chi connectivity index (χ0v) is 17.0. The van der Waals surface area contributed by atoms with Gasteiger partial charge in [0.05, 0.1) is 12.6 Å². The van der Waals surface area contributed by atoms with Crippen LogP contribution in [0.25, 0.3) is 0 Å². The number of guanidine groups is 1. The average Bonchev–Trinajstić information content (AvgIpc) is 2.45. The number of nitrogens with one attached hydrogen (secondary N) is 2. The van der Waals surface area contributed by atoms with Crippen molar-refractivity contribution < 1.29 is 9.84 Å². The Morgan fingerprint density at radius 3 is 2.30 bits per heavy atom. The van der Waals surface area contributed by atoms with Crippen molar-refractivity contribution in [1.82, 2.24) is 10.6 Å². The standard InChI is InChI=1S/C17H29N3O2.HI/c1-6-18-16(20-12-15(22-5)17(2,3)4)19-11-13-7-9-14(21)10-8-13;/h7-10,15,21H,6,11-12H2,1-5H3,(H2,18,19,20);1H. The molecular formula is C17H30IN3O2. The summed E-state index contributed by atoms with van der Waals surface area (Å²) in [6.07, 6.45) is 0.102. The summed E-state index contributed by atoms with van der Waals surface area (Å²) in [5, 5.41) is 15.8. The fourth-order valence-electron chi connectivity index (χ4n) is 2.05. The minimum Gasteiger partial charge on any atom is -0.508 e. The lowest BCUT2D eigenvalue weighted by atomic mass is 9.89. The molecule has 3 N–H and O–H groups in total. The van der Waals surface area contributed by atoms with Gasteiger partial charge >= 0.3 is 0 Å². The molecule has 0 aliphatic rings. The van der Waals surface area contributed by atoms with Gasteiger partial charge in [0.2, 0.25) is 0 Å². The number of methoxy groups -OCH3 is 1. The fraction of sp³-hybridized carbons (Fsp3) is 0.588. The smallest absolute Gasteiger partial charge is 0.191 e. The molecule has 0 fully saturated rings. The maximum atomic E-state index is 9.29. The number of halogens is 1. The maximum Gasteiger partial charge on any atom is 0.191 e. The zero-order valence-electron chi connectivity index (χ0n) is 14.7. The van der Waals surface area contributed by atoms with Crippen LogP contribution in [0.3, 0.4) is 0 Å². The van der Waals surface area contributed by atoms with E-state index in [0.29, 0.717) is 13.1 Å². The van der Waals surface area contributed by atoms with Gasteiger partial charge in [0, 0.05) is 20.2 Å². The van der Waals surface area contributed by atoms with Crippen LogP contribution in [0, 0.1) is 5.41 Å². The number of phenols is 1. The molecule has 0 radical (unpaired) electrons. The van der Waals surface area contributed by atoms with E-state index >= 15 is 0 Å². The number of nitrogens with zero attached hydrogens (tertiary/aromatic N) is 1. The Morgan fingerprint density at radius 1 is 1.22 bits per heavy atom. The third-order valence-corrected chi connectivity index (χ3v) is 3.41. The highest BCUT2D eigenvalue weighted by Gasteiger charge is 2.24. The first-order valence-electron chi connectivity index (χ1n) is 7.69. The Balaban J connectivity index is 0.00000484. The van der Waals surface area contributed by atoms with E-state index in [1.165, 1.54) is 0 Å². The van der Waals surface area contributed by atoms with Gasteiger partial charge in [0.25, 0.3) is 0 Å². The van der Waals surface area contributed by atoms with E-state index in [2.05, 4.69) is 36.4 Å². The highest BCUT2D eigenvalue weighted by molar-refractivity contribution is 14.0. The number of benzene rings is 1. The van der Waals surface area contributed by atoms with Crippen molar-refractivity contribution >= 4 is 29.9 Å². The van der Waals surface area contributed by atoms with Gasteiger partial charge in [-0.2, -0.15) is 0 Å². The Kier molecular flexibility index (Phi) is 10.2. The summed E-state index contributed by atoms with van der Waals surface area (Å²) < 4.78 is 5.55. The molecule has 1 unspecified atom stereocenters. The molecule has 6 heteroatoms. The largest absolute Gasteiger partial charge is 0.508 e. The molecule has 1 atom stereocenters. The van der Waals surface area contributed by atoms with Crippen LogP contribution < -0.4 is 10.6 Å². The van der Waals surface area contributed by atoms with Crippen molar-refractivity contribution in [3.63, 3.8) is 0 Å². The van der Waals surface area contributed by atoms with Crippen LogP contribution in [-0.4, -0.2) is 37.4 Å². The average molecular weight is 435 g/mol. The molecule has 1 aromatic carbocycles. The van der Waals surface area contributed by atoms with Crippen LogP contribution in [0.5, 0.6) is 5.75 Å². The molecule has 0 aromatic heterocycles. The Labute approximate surface area is 156 Å². The maximum absolute atomic E-state index is 9.29. The number of aromatic hydroxyl groups is 1. The molecule has 0 saturated heterocycles. The Bertz CT molecular complexity index is 470. The van der Waals surface area contributed by atoms with Crippen molar-refractivity contribution in [2.45, 2.75) is 40.3 Å². The summed E-state index contributed by atoms with van der Waals surface area (Å²) in [5.41, 5.74) is 1.12. The van der Waals surface area contributed by atoms with E-state index in [9.17, 15) is 5.11 Å². The van der Waals surface area contributed by atoms with Crippen molar-refractivity contribution in [2.75, 3.05) is 20.2 Å². The van der Waals surface area contributed by atoms with Gasteiger partial charge in [0.1, 0.15) is 5.75 Å².